The fourth-order valence-electron chi connectivity index (χ4n) is 4.52. The van der Waals surface area contributed by atoms with Crippen LogP contribution in [-0.4, -0.2) is 23.7 Å². The summed E-state index contributed by atoms with van der Waals surface area (Å²) >= 11 is 0. The molecular weight excluding hydrogens is 381 g/mol. The highest BCUT2D eigenvalue weighted by Crippen LogP contribution is 2.36. The van der Waals surface area contributed by atoms with Crippen LogP contribution in [0.5, 0.6) is 5.75 Å². The maximum absolute atomic E-state index is 13.6. The molecule has 1 aliphatic rings. The molecule has 1 aliphatic carbocycles. The molecule has 5 heteroatoms. The summed E-state index contributed by atoms with van der Waals surface area (Å²) in [4.78, 5) is 10.6. The maximum Gasteiger partial charge on any atom is 0.341 e. The Kier molecular flexibility index (Phi) is 6.00. The van der Waals surface area contributed by atoms with Gasteiger partial charge in [-0.15, -0.1) is 0 Å². The number of carboxylic acid groups (broad SMARTS) is 1. The Labute approximate surface area is 175 Å². The van der Waals surface area contributed by atoms with Crippen molar-refractivity contribution in [3.05, 3.63) is 77.6 Å². The third-order valence-corrected chi connectivity index (χ3v) is 5.97. The van der Waals surface area contributed by atoms with E-state index >= 15 is 0 Å². The number of carbonyl (C=O) groups is 1. The van der Waals surface area contributed by atoms with Gasteiger partial charge in [0.1, 0.15) is 11.6 Å². The first-order chi connectivity index (χ1) is 14.5. The summed E-state index contributed by atoms with van der Waals surface area (Å²) in [6.45, 7) is 1.84. The highest BCUT2D eigenvalue weighted by molar-refractivity contribution is 5.86. The van der Waals surface area contributed by atoms with Crippen LogP contribution in [0.2, 0.25) is 0 Å². The lowest BCUT2D eigenvalue weighted by atomic mass is 9.96. The Morgan fingerprint density at radius 3 is 2.73 bits per heavy atom. The Morgan fingerprint density at radius 1 is 1.17 bits per heavy atom. The average molecular weight is 407 g/mol. The SMILES string of the molecule is CC(NC1CC[C@@H](c2ccc(OCC(=O)O)cc2)C1)c1cccc2cc(F)ccc12. The van der Waals surface area contributed by atoms with Crippen LogP contribution in [0.3, 0.4) is 0 Å². The van der Waals surface area contributed by atoms with Gasteiger partial charge in [0.25, 0.3) is 0 Å². The maximum atomic E-state index is 13.6. The van der Waals surface area contributed by atoms with Crippen molar-refractivity contribution in [2.75, 3.05) is 6.61 Å². The van der Waals surface area contributed by atoms with E-state index in [0.29, 0.717) is 17.7 Å². The summed E-state index contributed by atoms with van der Waals surface area (Å²) in [6.07, 6.45) is 3.27. The van der Waals surface area contributed by atoms with E-state index in [0.717, 1.165) is 30.0 Å². The molecule has 4 nitrogen and oxygen atoms in total. The molecule has 1 fully saturated rings. The molecule has 1 saturated carbocycles. The van der Waals surface area contributed by atoms with Gasteiger partial charge in [-0.2, -0.15) is 0 Å². The van der Waals surface area contributed by atoms with Gasteiger partial charge < -0.3 is 15.2 Å². The van der Waals surface area contributed by atoms with Gasteiger partial charge in [0.05, 0.1) is 0 Å². The fourth-order valence-corrected chi connectivity index (χ4v) is 4.52. The normalized spacial score (nSPS) is 19.7. The minimum atomic E-state index is -0.978. The third kappa shape index (κ3) is 4.62. The van der Waals surface area contributed by atoms with Crippen LogP contribution >= 0.6 is 0 Å². The second-order valence-electron chi connectivity index (χ2n) is 8.06. The second kappa shape index (κ2) is 8.84. The summed E-state index contributed by atoms with van der Waals surface area (Å²) in [5.74, 6) is -0.132. The molecule has 3 atom stereocenters. The van der Waals surface area contributed by atoms with Crippen LogP contribution < -0.4 is 10.1 Å². The number of benzene rings is 3. The van der Waals surface area contributed by atoms with Gasteiger partial charge in [0.15, 0.2) is 6.61 Å². The number of hydrogen-bond acceptors (Lipinski definition) is 3. The van der Waals surface area contributed by atoms with E-state index in [-0.39, 0.29) is 18.5 Å². The number of ether oxygens (including phenoxy) is 1. The number of aliphatic carboxylic acids is 1. The summed E-state index contributed by atoms with van der Waals surface area (Å²) < 4.78 is 18.8. The predicted octanol–water partition coefficient (Wildman–Crippen LogP) is 5.43. The number of hydrogen-bond donors (Lipinski definition) is 2. The molecule has 4 rings (SSSR count). The Morgan fingerprint density at radius 2 is 1.97 bits per heavy atom. The monoisotopic (exact) mass is 407 g/mol. The predicted molar refractivity (Wildman–Crippen MR) is 115 cm³/mol. The molecule has 0 radical (unpaired) electrons. The minimum absolute atomic E-state index is 0.176. The topological polar surface area (TPSA) is 58.6 Å². The highest BCUT2D eigenvalue weighted by Gasteiger charge is 2.27. The Balaban J connectivity index is 1.39. The molecule has 156 valence electrons. The molecule has 0 saturated heterocycles. The van der Waals surface area contributed by atoms with E-state index in [4.69, 9.17) is 9.84 Å². The number of rotatable bonds is 7. The smallest absolute Gasteiger partial charge is 0.341 e. The van der Waals surface area contributed by atoms with E-state index in [1.807, 2.05) is 42.5 Å². The zero-order chi connectivity index (χ0) is 21.1. The number of fused-ring (bicyclic) bond motifs is 1. The largest absolute Gasteiger partial charge is 0.482 e. The number of nitrogens with one attached hydrogen (secondary N) is 1. The quantitative estimate of drug-likeness (QED) is 0.548. The first-order valence-electron chi connectivity index (χ1n) is 10.4. The molecule has 3 aromatic rings. The summed E-state index contributed by atoms with van der Waals surface area (Å²) in [5, 5.41) is 14.5. The molecule has 2 N–H and O–H groups in total. The van der Waals surface area contributed by atoms with E-state index in [1.165, 1.54) is 17.2 Å². The van der Waals surface area contributed by atoms with Crippen molar-refractivity contribution in [2.45, 2.75) is 44.2 Å². The van der Waals surface area contributed by atoms with Crippen LogP contribution in [0.1, 0.15) is 49.3 Å². The van der Waals surface area contributed by atoms with E-state index < -0.39 is 5.97 Å². The van der Waals surface area contributed by atoms with Gasteiger partial charge in [-0.25, -0.2) is 9.18 Å². The molecular formula is C25H26FNO3. The molecule has 0 amide bonds. The molecule has 0 bridgehead atoms. The summed E-state index contributed by atoms with van der Waals surface area (Å²) in [7, 11) is 0. The summed E-state index contributed by atoms with van der Waals surface area (Å²) in [6, 6.07) is 19.4. The molecule has 0 spiro atoms. The Bertz CT molecular complexity index is 1030. The van der Waals surface area contributed by atoms with Gasteiger partial charge in [0, 0.05) is 12.1 Å². The lowest BCUT2D eigenvalue weighted by molar-refractivity contribution is -0.139. The van der Waals surface area contributed by atoms with Gasteiger partial charge in [0.2, 0.25) is 0 Å². The van der Waals surface area contributed by atoms with Crippen molar-refractivity contribution < 1.29 is 19.0 Å². The highest BCUT2D eigenvalue weighted by atomic mass is 19.1. The first kappa shape index (κ1) is 20.4. The van der Waals surface area contributed by atoms with Crippen LogP contribution in [0.4, 0.5) is 4.39 Å². The first-order valence-corrected chi connectivity index (χ1v) is 10.4. The van der Waals surface area contributed by atoms with E-state index in [9.17, 15) is 9.18 Å². The van der Waals surface area contributed by atoms with E-state index in [1.54, 1.807) is 6.07 Å². The lowest BCUT2D eigenvalue weighted by Crippen LogP contribution is -2.29. The third-order valence-electron chi connectivity index (χ3n) is 5.97. The van der Waals surface area contributed by atoms with E-state index in [2.05, 4.69) is 18.3 Å². The van der Waals surface area contributed by atoms with Crippen molar-refractivity contribution in [1.82, 2.24) is 5.32 Å². The van der Waals surface area contributed by atoms with Crippen LogP contribution in [0.15, 0.2) is 60.7 Å². The molecule has 0 heterocycles. The van der Waals surface area contributed by atoms with Crippen molar-refractivity contribution in [3.63, 3.8) is 0 Å². The molecule has 30 heavy (non-hydrogen) atoms. The molecule has 3 aromatic carbocycles. The summed E-state index contributed by atoms with van der Waals surface area (Å²) in [5.41, 5.74) is 2.45. The van der Waals surface area contributed by atoms with Crippen LogP contribution in [-0.2, 0) is 4.79 Å². The number of halogens is 1. The standard InChI is InChI=1S/C25H26FNO3/c1-16(23-4-2-3-19-13-20(26)8-12-24(19)23)27-21-9-5-18(14-21)17-6-10-22(11-7-17)30-15-25(28)29/h2-4,6-8,10-13,16,18,21,27H,5,9,14-15H2,1H3,(H,28,29)/t16?,18-,21?/m1/s1. The molecule has 2 unspecified atom stereocenters. The molecule has 0 aliphatic heterocycles. The van der Waals surface area contributed by atoms with Crippen molar-refractivity contribution in [1.29, 1.82) is 0 Å². The average Bonchev–Trinajstić information content (AvgIpc) is 3.20. The van der Waals surface area contributed by atoms with Gasteiger partial charge >= 0.3 is 5.97 Å². The van der Waals surface area contributed by atoms with Gasteiger partial charge in [-0.1, -0.05) is 36.4 Å². The van der Waals surface area contributed by atoms with Gasteiger partial charge in [-0.3, -0.25) is 0 Å². The zero-order valence-corrected chi connectivity index (χ0v) is 17.0. The lowest BCUT2D eigenvalue weighted by Gasteiger charge is -2.21. The second-order valence-corrected chi connectivity index (χ2v) is 8.06. The van der Waals surface area contributed by atoms with Crippen molar-refractivity contribution in [3.8, 4) is 5.75 Å². The van der Waals surface area contributed by atoms with Crippen LogP contribution in [0, 0.1) is 5.82 Å². The minimum Gasteiger partial charge on any atom is -0.482 e. The van der Waals surface area contributed by atoms with Crippen LogP contribution in [0.25, 0.3) is 10.8 Å². The molecule has 0 aromatic heterocycles. The fraction of sp³-hybridized carbons (Fsp3) is 0.320. The Hall–Kier alpha value is -2.92. The van der Waals surface area contributed by atoms with Crippen molar-refractivity contribution in [2.24, 2.45) is 0 Å². The zero-order valence-electron chi connectivity index (χ0n) is 17.0. The number of carboxylic acids is 1. The van der Waals surface area contributed by atoms with Crippen molar-refractivity contribution >= 4 is 16.7 Å². The van der Waals surface area contributed by atoms with Gasteiger partial charge in [-0.05, 0) is 78.3 Å².